The van der Waals surface area contributed by atoms with Crippen LogP contribution in [0, 0.1) is 12.8 Å². The smallest absolute Gasteiger partial charge is 0.260 e. The first kappa shape index (κ1) is 18.0. The Labute approximate surface area is 163 Å². The second-order valence-corrected chi connectivity index (χ2v) is 8.25. The summed E-state index contributed by atoms with van der Waals surface area (Å²) in [6.45, 7) is 4.45. The summed E-state index contributed by atoms with van der Waals surface area (Å²) in [6, 6.07) is 11.8. The van der Waals surface area contributed by atoms with Crippen molar-refractivity contribution in [3.8, 4) is 5.75 Å². The van der Waals surface area contributed by atoms with Crippen molar-refractivity contribution >= 4 is 23.2 Å². The van der Waals surface area contributed by atoms with Crippen LogP contribution in [0.1, 0.15) is 22.8 Å². The number of carbonyl (C=O) groups excluding carboxylic acids is 2. The van der Waals surface area contributed by atoms with E-state index in [-0.39, 0.29) is 24.3 Å². The van der Waals surface area contributed by atoms with Gasteiger partial charge in [-0.1, -0.05) is 23.8 Å². The fourth-order valence-electron chi connectivity index (χ4n) is 3.57. The molecule has 1 aromatic heterocycles. The van der Waals surface area contributed by atoms with Gasteiger partial charge in [0.15, 0.2) is 6.61 Å². The van der Waals surface area contributed by atoms with Crippen molar-refractivity contribution in [1.29, 1.82) is 0 Å². The summed E-state index contributed by atoms with van der Waals surface area (Å²) in [5, 5.41) is 2.07. The van der Waals surface area contributed by atoms with E-state index in [4.69, 9.17) is 4.74 Å². The van der Waals surface area contributed by atoms with Crippen LogP contribution in [0.3, 0.4) is 0 Å². The van der Waals surface area contributed by atoms with Crippen LogP contribution in [-0.2, 0) is 9.59 Å². The summed E-state index contributed by atoms with van der Waals surface area (Å²) in [6.07, 6.45) is 0.961. The van der Waals surface area contributed by atoms with Gasteiger partial charge in [0.05, 0.1) is 0 Å². The number of hydrogen-bond donors (Lipinski definition) is 0. The maximum atomic E-state index is 12.7. The first-order valence-electron chi connectivity index (χ1n) is 9.41. The van der Waals surface area contributed by atoms with Crippen LogP contribution >= 0.6 is 11.3 Å². The minimum Gasteiger partial charge on any atom is -0.484 e. The highest BCUT2D eigenvalue weighted by Gasteiger charge is 2.46. The lowest BCUT2D eigenvalue weighted by Gasteiger charge is -2.35. The van der Waals surface area contributed by atoms with Crippen molar-refractivity contribution < 1.29 is 14.3 Å². The zero-order valence-corrected chi connectivity index (χ0v) is 16.3. The van der Waals surface area contributed by atoms with Gasteiger partial charge in [-0.15, -0.1) is 11.3 Å². The highest BCUT2D eigenvalue weighted by atomic mass is 32.1. The standard InChI is InChI=1S/C21H24N2O3S/c1-15-4-6-16(7-5-15)26-14-20(24)22-8-10-23(11-9-22)21(25)18-13-17(18)19-3-2-12-27-19/h2-7,12,17-18H,8-11,13-14H2,1H3. The number of ether oxygens (including phenoxy) is 1. The Bertz CT molecular complexity index is 795. The van der Waals surface area contributed by atoms with Crippen LogP contribution in [0.2, 0.25) is 0 Å². The van der Waals surface area contributed by atoms with Crippen molar-refractivity contribution in [2.75, 3.05) is 32.8 Å². The predicted molar refractivity (Wildman–Crippen MR) is 105 cm³/mol. The molecule has 0 N–H and O–H groups in total. The second-order valence-electron chi connectivity index (χ2n) is 7.27. The summed E-state index contributed by atoms with van der Waals surface area (Å²) < 4.78 is 5.58. The zero-order chi connectivity index (χ0) is 18.8. The molecule has 2 heterocycles. The molecule has 0 bridgehead atoms. The topological polar surface area (TPSA) is 49.9 Å². The van der Waals surface area contributed by atoms with Gasteiger partial charge in [0.1, 0.15) is 5.75 Å². The molecule has 0 radical (unpaired) electrons. The van der Waals surface area contributed by atoms with Gasteiger partial charge in [-0.2, -0.15) is 0 Å². The molecule has 5 nitrogen and oxygen atoms in total. The zero-order valence-electron chi connectivity index (χ0n) is 15.5. The Morgan fingerprint density at radius 1 is 1.07 bits per heavy atom. The summed E-state index contributed by atoms with van der Waals surface area (Å²) in [5.41, 5.74) is 1.16. The number of thiophene rings is 1. The molecule has 1 saturated carbocycles. The fraction of sp³-hybridized carbons (Fsp3) is 0.429. The normalized spacial score (nSPS) is 21.8. The van der Waals surface area contributed by atoms with Gasteiger partial charge in [0.2, 0.25) is 5.91 Å². The molecule has 2 amide bonds. The number of aryl methyl sites for hydroxylation is 1. The molecular formula is C21H24N2O3S. The van der Waals surface area contributed by atoms with Crippen molar-refractivity contribution in [2.45, 2.75) is 19.3 Å². The molecule has 2 aliphatic rings. The van der Waals surface area contributed by atoms with Crippen LogP contribution in [0.25, 0.3) is 0 Å². The summed E-state index contributed by atoms with van der Waals surface area (Å²) in [7, 11) is 0. The Balaban J connectivity index is 1.22. The van der Waals surface area contributed by atoms with Crippen LogP contribution in [-0.4, -0.2) is 54.4 Å². The Morgan fingerprint density at radius 3 is 2.44 bits per heavy atom. The molecule has 2 fully saturated rings. The van der Waals surface area contributed by atoms with Crippen molar-refractivity contribution in [1.82, 2.24) is 9.80 Å². The number of nitrogens with zero attached hydrogens (tertiary/aromatic N) is 2. The molecule has 2 unspecified atom stereocenters. The molecule has 1 saturated heterocycles. The summed E-state index contributed by atoms with van der Waals surface area (Å²) >= 11 is 1.73. The molecule has 4 rings (SSSR count). The predicted octanol–water partition coefficient (Wildman–Crippen LogP) is 2.91. The van der Waals surface area contributed by atoms with Gasteiger partial charge in [0.25, 0.3) is 5.91 Å². The fourth-order valence-corrected chi connectivity index (χ4v) is 4.47. The third-order valence-electron chi connectivity index (χ3n) is 5.34. The summed E-state index contributed by atoms with van der Waals surface area (Å²) in [4.78, 5) is 30.1. The van der Waals surface area contributed by atoms with E-state index in [9.17, 15) is 9.59 Å². The minimum absolute atomic E-state index is 0.0226. The monoisotopic (exact) mass is 384 g/mol. The van der Waals surface area contributed by atoms with Gasteiger partial charge < -0.3 is 14.5 Å². The number of benzene rings is 1. The Morgan fingerprint density at radius 2 is 1.78 bits per heavy atom. The average molecular weight is 385 g/mol. The van der Waals surface area contributed by atoms with E-state index >= 15 is 0 Å². The van der Waals surface area contributed by atoms with Gasteiger partial charge in [-0.05, 0) is 36.9 Å². The van der Waals surface area contributed by atoms with Gasteiger partial charge >= 0.3 is 0 Å². The lowest BCUT2D eigenvalue weighted by Crippen LogP contribution is -2.52. The van der Waals surface area contributed by atoms with Crippen LogP contribution in [0.15, 0.2) is 41.8 Å². The molecule has 0 spiro atoms. The maximum Gasteiger partial charge on any atom is 0.260 e. The minimum atomic E-state index is -0.0226. The molecule has 2 aromatic rings. The number of carbonyl (C=O) groups is 2. The van der Waals surface area contributed by atoms with E-state index in [1.807, 2.05) is 42.2 Å². The van der Waals surface area contributed by atoms with E-state index in [0.717, 1.165) is 12.0 Å². The third-order valence-corrected chi connectivity index (χ3v) is 6.35. The number of rotatable bonds is 5. The van der Waals surface area contributed by atoms with E-state index in [1.54, 1.807) is 16.2 Å². The highest BCUT2D eigenvalue weighted by Crippen LogP contribution is 2.50. The molecule has 1 aliphatic carbocycles. The van der Waals surface area contributed by atoms with Crippen molar-refractivity contribution in [3.63, 3.8) is 0 Å². The third kappa shape index (κ3) is 4.16. The van der Waals surface area contributed by atoms with E-state index in [2.05, 4.69) is 11.4 Å². The van der Waals surface area contributed by atoms with Crippen molar-refractivity contribution in [3.05, 3.63) is 52.2 Å². The molecule has 6 heteroatoms. The van der Waals surface area contributed by atoms with Crippen LogP contribution < -0.4 is 4.74 Å². The average Bonchev–Trinajstić information content (AvgIpc) is 3.31. The molecular weight excluding hydrogens is 360 g/mol. The quantitative estimate of drug-likeness (QED) is 0.796. The van der Waals surface area contributed by atoms with Crippen LogP contribution in [0.5, 0.6) is 5.75 Å². The second kappa shape index (κ2) is 7.72. The SMILES string of the molecule is Cc1ccc(OCC(=O)N2CCN(C(=O)C3CC3c3cccs3)CC2)cc1. The van der Waals surface area contributed by atoms with Crippen LogP contribution in [0.4, 0.5) is 0 Å². The Hall–Kier alpha value is -2.34. The summed E-state index contributed by atoms with van der Waals surface area (Å²) in [5.74, 6) is 1.47. The van der Waals surface area contributed by atoms with Gasteiger partial charge in [-0.3, -0.25) is 9.59 Å². The van der Waals surface area contributed by atoms with E-state index < -0.39 is 0 Å². The lowest BCUT2D eigenvalue weighted by molar-refractivity contribution is -0.141. The molecule has 1 aromatic carbocycles. The molecule has 27 heavy (non-hydrogen) atoms. The molecule has 2 atom stereocenters. The first-order chi connectivity index (χ1) is 13.1. The maximum absolute atomic E-state index is 12.7. The lowest BCUT2D eigenvalue weighted by atomic mass is 10.2. The van der Waals surface area contributed by atoms with Gasteiger partial charge in [-0.25, -0.2) is 0 Å². The first-order valence-corrected chi connectivity index (χ1v) is 10.3. The highest BCUT2D eigenvalue weighted by molar-refractivity contribution is 7.10. The molecule has 1 aliphatic heterocycles. The number of hydrogen-bond acceptors (Lipinski definition) is 4. The largest absolute Gasteiger partial charge is 0.484 e. The van der Waals surface area contributed by atoms with E-state index in [1.165, 1.54) is 4.88 Å². The Kier molecular flexibility index (Phi) is 5.16. The molecule has 142 valence electrons. The van der Waals surface area contributed by atoms with Gasteiger partial charge in [0, 0.05) is 42.9 Å². The van der Waals surface area contributed by atoms with E-state index in [0.29, 0.717) is 37.8 Å². The van der Waals surface area contributed by atoms with Crippen molar-refractivity contribution in [2.24, 2.45) is 5.92 Å². The number of amides is 2. The number of piperazine rings is 1.